The average Bonchev–Trinajstić information content (AvgIpc) is 2.43. The maximum Gasteiger partial charge on any atom is 0.269 e. The summed E-state index contributed by atoms with van der Waals surface area (Å²) in [7, 11) is 0. The summed E-state index contributed by atoms with van der Waals surface area (Å²) in [5.41, 5.74) is 4.81. The summed E-state index contributed by atoms with van der Waals surface area (Å²) in [4.78, 5) is 10.3. The highest BCUT2D eigenvalue weighted by molar-refractivity contribution is 5.34. The number of aryl methyl sites for hydroxylation is 2. The van der Waals surface area contributed by atoms with Crippen molar-refractivity contribution in [3.05, 3.63) is 74.8 Å². The topological polar surface area (TPSA) is 55.2 Å². The lowest BCUT2D eigenvalue weighted by Crippen LogP contribution is -2.13. The van der Waals surface area contributed by atoms with E-state index < -0.39 is 0 Å². The molecule has 0 atom stereocenters. The molecule has 2 rings (SSSR count). The predicted molar refractivity (Wildman–Crippen MR) is 79.6 cm³/mol. The van der Waals surface area contributed by atoms with Gasteiger partial charge in [0.25, 0.3) is 5.69 Å². The van der Waals surface area contributed by atoms with Gasteiger partial charge in [-0.05, 0) is 30.5 Å². The monoisotopic (exact) mass is 270 g/mol. The van der Waals surface area contributed by atoms with Crippen LogP contribution < -0.4 is 5.32 Å². The fourth-order valence-electron chi connectivity index (χ4n) is 2.11. The zero-order valence-corrected chi connectivity index (χ0v) is 11.7. The highest BCUT2D eigenvalue weighted by Crippen LogP contribution is 2.14. The first-order valence-electron chi connectivity index (χ1n) is 6.56. The van der Waals surface area contributed by atoms with Crippen LogP contribution in [0.3, 0.4) is 0 Å². The average molecular weight is 270 g/mol. The molecule has 0 radical (unpaired) electrons. The molecule has 0 amide bonds. The van der Waals surface area contributed by atoms with Gasteiger partial charge in [-0.3, -0.25) is 10.1 Å². The van der Waals surface area contributed by atoms with E-state index in [2.05, 4.69) is 37.4 Å². The molecule has 0 saturated carbocycles. The van der Waals surface area contributed by atoms with Crippen LogP contribution in [0.2, 0.25) is 0 Å². The SMILES string of the molecule is Cc1ccc(C)c(CNCc2cccc([N+](=O)[O-])c2)c1. The second kappa shape index (κ2) is 6.30. The van der Waals surface area contributed by atoms with Gasteiger partial charge in [-0.15, -0.1) is 0 Å². The molecule has 2 aromatic rings. The minimum atomic E-state index is -0.367. The summed E-state index contributed by atoms with van der Waals surface area (Å²) in [5, 5.41) is 14.0. The normalized spacial score (nSPS) is 10.5. The van der Waals surface area contributed by atoms with Crippen molar-refractivity contribution in [2.24, 2.45) is 0 Å². The molecule has 2 aromatic carbocycles. The van der Waals surface area contributed by atoms with Crippen molar-refractivity contribution in [3.8, 4) is 0 Å². The molecule has 0 spiro atoms. The minimum Gasteiger partial charge on any atom is -0.309 e. The Kier molecular flexibility index (Phi) is 4.48. The molecule has 0 aliphatic carbocycles. The van der Waals surface area contributed by atoms with Crippen LogP contribution in [0.1, 0.15) is 22.3 Å². The molecule has 0 aliphatic rings. The van der Waals surface area contributed by atoms with E-state index in [4.69, 9.17) is 0 Å². The number of hydrogen-bond donors (Lipinski definition) is 1. The largest absolute Gasteiger partial charge is 0.309 e. The molecule has 0 fully saturated rings. The van der Waals surface area contributed by atoms with E-state index in [1.54, 1.807) is 12.1 Å². The Balaban J connectivity index is 1.97. The van der Waals surface area contributed by atoms with E-state index in [0.717, 1.165) is 12.1 Å². The lowest BCUT2D eigenvalue weighted by Gasteiger charge is -2.09. The van der Waals surface area contributed by atoms with Crippen LogP contribution in [-0.4, -0.2) is 4.92 Å². The molecular weight excluding hydrogens is 252 g/mol. The Bertz CT molecular complexity index is 624. The smallest absolute Gasteiger partial charge is 0.269 e. The van der Waals surface area contributed by atoms with Crippen molar-refractivity contribution in [2.45, 2.75) is 26.9 Å². The van der Waals surface area contributed by atoms with E-state index in [9.17, 15) is 10.1 Å². The van der Waals surface area contributed by atoms with Crippen LogP contribution in [0.4, 0.5) is 5.69 Å². The van der Waals surface area contributed by atoms with E-state index >= 15 is 0 Å². The van der Waals surface area contributed by atoms with Gasteiger partial charge >= 0.3 is 0 Å². The molecule has 0 aliphatic heterocycles. The summed E-state index contributed by atoms with van der Waals surface area (Å²) < 4.78 is 0. The molecule has 0 bridgehead atoms. The quantitative estimate of drug-likeness (QED) is 0.668. The van der Waals surface area contributed by atoms with Crippen molar-refractivity contribution in [3.63, 3.8) is 0 Å². The van der Waals surface area contributed by atoms with Crippen molar-refractivity contribution in [2.75, 3.05) is 0 Å². The maximum atomic E-state index is 10.7. The van der Waals surface area contributed by atoms with Crippen LogP contribution in [0, 0.1) is 24.0 Å². The molecule has 4 heteroatoms. The highest BCUT2D eigenvalue weighted by atomic mass is 16.6. The van der Waals surface area contributed by atoms with Crippen LogP contribution in [0.15, 0.2) is 42.5 Å². The molecule has 104 valence electrons. The first-order valence-corrected chi connectivity index (χ1v) is 6.56. The Morgan fingerprint density at radius 3 is 2.65 bits per heavy atom. The standard InChI is InChI=1S/C16H18N2O2/c1-12-6-7-13(2)15(8-12)11-17-10-14-4-3-5-16(9-14)18(19)20/h3-9,17H,10-11H2,1-2H3. The van der Waals surface area contributed by atoms with Crippen molar-refractivity contribution >= 4 is 5.69 Å². The van der Waals surface area contributed by atoms with Crippen molar-refractivity contribution in [1.29, 1.82) is 0 Å². The summed E-state index contributed by atoms with van der Waals surface area (Å²) in [6, 6.07) is 13.1. The lowest BCUT2D eigenvalue weighted by molar-refractivity contribution is -0.384. The van der Waals surface area contributed by atoms with E-state index in [-0.39, 0.29) is 10.6 Å². The molecule has 0 unspecified atom stereocenters. The van der Waals surface area contributed by atoms with Gasteiger partial charge in [-0.1, -0.05) is 35.9 Å². The van der Waals surface area contributed by atoms with E-state index in [0.29, 0.717) is 6.54 Å². The molecular formula is C16H18N2O2. The Morgan fingerprint density at radius 2 is 1.90 bits per heavy atom. The second-order valence-corrected chi connectivity index (χ2v) is 4.96. The van der Waals surface area contributed by atoms with Crippen molar-refractivity contribution < 1.29 is 4.92 Å². The third-order valence-electron chi connectivity index (χ3n) is 3.27. The van der Waals surface area contributed by atoms with E-state index in [1.807, 2.05) is 6.07 Å². The third-order valence-corrected chi connectivity index (χ3v) is 3.27. The zero-order valence-electron chi connectivity index (χ0n) is 11.7. The number of non-ortho nitro benzene ring substituents is 1. The van der Waals surface area contributed by atoms with Gasteiger partial charge in [0.15, 0.2) is 0 Å². The number of nitrogens with zero attached hydrogens (tertiary/aromatic N) is 1. The van der Waals surface area contributed by atoms with Crippen LogP contribution >= 0.6 is 0 Å². The zero-order chi connectivity index (χ0) is 14.5. The minimum absolute atomic E-state index is 0.135. The summed E-state index contributed by atoms with van der Waals surface area (Å²) in [6.07, 6.45) is 0. The van der Waals surface area contributed by atoms with Gasteiger partial charge in [-0.2, -0.15) is 0 Å². The fourth-order valence-corrected chi connectivity index (χ4v) is 2.11. The number of nitro groups is 1. The van der Waals surface area contributed by atoms with Crippen LogP contribution in [-0.2, 0) is 13.1 Å². The molecule has 0 heterocycles. The Morgan fingerprint density at radius 1 is 1.10 bits per heavy atom. The van der Waals surface area contributed by atoms with Gasteiger partial charge in [0.1, 0.15) is 0 Å². The molecule has 1 N–H and O–H groups in total. The summed E-state index contributed by atoms with van der Waals surface area (Å²) >= 11 is 0. The summed E-state index contributed by atoms with van der Waals surface area (Å²) in [5.74, 6) is 0. The lowest BCUT2D eigenvalue weighted by atomic mass is 10.1. The van der Waals surface area contributed by atoms with Gasteiger partial charge in [-0.25, -0.2) is 0 Å². The fraction of sp³-hybridized carbons (Fsp3) is 0.250. The van der Waals surface area contributed by atoms with Crippen LogP contribution in [0.25, 0.3) is 0 Å². The molecule has 0 saturated heterocycles. The van der Waals surface area contributed by atoms with Gasteiger partial charge in [0, 0.05) is 25.2 Å². The number of rotatable bonds is 5. The van der Waals surface area contributed by atoms with Gasteiger partial charge in [0.05, 0.1) is 4.92 Å². The Hall–Kier alpha value is -2.20. The second-order valence-electron chi connectivity index (χ2n) is 4.96. The highest BCUT2D eigenvalue weighted by Gasteiger charge is 2.05. The van der Waals surface area contributed by atoms with E-state index in [1.165, 1.54) is 22.8 Å². The number of nitro benzene ring substituents is 1. The van der Waals surface area contributed by atoms with Gasteiger partial charge in [0.2, 0.25) is 0 Å². The number of benzene rings is 2. The molecule has 0 aromatic heterocycles. The van der Waals surface area contributed by atoms with Crippen LogP contribution in [0.5, 0.6) is 0 Å². The number of hydrogen-bond acceptors (Lipinski definition) is 3. The first-order chi connectivity index (χ1) is 9.56. The van der Waals surface area contributed by atoms with Gasteiger partial charge < -0.3 is 5.32 Å². The first kappa shape index (κ1) is 14.2. The molecule has 20 heavy (non-hydrogen) atoms. The molecule has 4 nitrogen and oxygen atoms in total. The van der Waals surface area contributed by atoms with Crippen molar-refractivity contribution in [1.82, 2.24) is 5.32 Å². The Labute approximate surface area is 118 Å². The number of nitrogens with one attached hydrogen (secondary N) is 1. The summed E-state index contributed by atoms with van der Waals surface area (Å²) in [6.45, 7) is 5.54. The third kappa shape index (κ3) is 3.65. The maximum absolute atomic E-state index is 10.7. The predicted octanol–water partition coefficient (Wildman–Crippen LogP) is 3.50.